The van der Waals surface area contributed by atoms with Crippen molar-refractivity contribution in [2.24, 2.45) is 0 Å². The number of hydrogen-bond donors (Lipinski definition) is 2. The standard InChI is InChI=1S/C23H23ClF3N3OS/c1-3-9-29-11-17(22(28)23(25,26)27)14-7-5-6-8-15(14)18-12-30(21(31)4-2)13-19-16(18)10-20(24)32-19/h4-8,10-11,18,28-29H,2-3,9,12-13H2,1H3/b17-11-,28-22?/t18-/m0/s1. The Morgan fingerprint density at radius 2 is 2.09 bits per heavy atom. The zero-order valence-corrected chi connectivity index (χ0v) is 19.0. The predicted octanol–water partition coefficient (Wildman–Crippen LogP) is 5.98. The van der Waals surface area contributed by atoms with E-state index in [1.54, 1.807) is 29.2 Å². The van der Waals surface area contributed by atoms with Crippen LogP contribution in [-0.4, -0.2) is 35.8 Å². The fourth-order valence-corrected chi connectivity index (χ4v) is 5.11. The van der Waals surface area contributed by atoms with Gasteiger partial charge in [-0.05, 0) is 35.3 Å². The lowest BCUT2D eigenvalue weighted by Crippen LogP contribution is -2.37. The second-order valence-electron chi connectivity index (χ2n) is 7.38. The van der Waals surface area contributed by atoms with Gasteiger partial charge in [-0.25, -0.2) is 0 Å². The number of amides is 1. The molecule has 0 spiro atoms. The lowest BCUT2D eigenvalue weighted by atomic mass is 9.83. The van der Waals surface area contributed by atoms with Crippen molar-refractivity contribution in [3.05, 3.63) is 75.1 Å². The number of benzene rings is 1. The number of nitrogens with zero attached hydrogens (tertiary/aromatic N) is 1. The van der Waals surface area contributed by atoms with Crippen molar-refractivity contribution in [1.29, 1.82) is 5.41 Å². The van der Waals surface area contributed by atoms with E-state index in [2.05, 4.69) is 11.9 Å². The first-order chi connectivity index (χ1) is 15.2. The number of carbonyl (C=O) groups excluding carboxylic acids is 1. The van der Waals surface area contributed by atoms with Crippen molar-refractivity contribution in [1.82, 2.24) is 10.2 Å². The molecule has 2 aromatic rings. The summed E-state index contributed by atoms with van der Waals surface area (Å²) in [5.41, 5.74) is 0.122. The van der Waals surface area contributed by atoms with Gasteiger partial charge in [-0.2, -0.15) is 13.2 Å². The van der Waals surface area contributed by atoms with Crippen LogP contribution in [-0.2, 0) is 11.3 Å². The summed E-state index contributed by atoms with van der Waals surface area (Å²) in [6, 6.07) is 8.53. The van der Waals surface area contributed by atoms with E-state index in [4.69, 9.17) is 17.0 Å². The van der Waals surface area contributed by atoms with Gasteiger partial charge in [0.15, 0.2) is 0 Å². The van der Waals surface area contributed by atoms with Crippen LogP contribution < -0.4 is 5.32 Å². The topological polar surface area (TPSA) is 56.2 Å². The highest BCUT2D eigenvalue weighted by Crippen LogP contribution is 2.42. The maximum Gasteiger partial charge on any atom is 0.433 e. The Balaban J connectivity index is 2.15. The molecule has 0 fully saturated rings. The summed E-state index contributed by atoms with van der Waals surface area (Å²) < 4.78 is 41.2. The van der Waals surface area contributed by atoms with E-state index in [1.165, 1.54) is 23.6 Å². The van der Waals surface area contributed by atoms with Crippen molar-refractivity contribution in [2.75, 3.05) is 13.1 Å². The van der Waals surface area contributed by atoms with Gasteiger partial charge in [0.2, 0.25) is 5.91 Å². The SMILES string of the molecule is C=CC(=O)N1Cc2sc(Cl)cc2[C@H](c2ccccc2/C(=C/NCCC)C(=N)C(F)(F)F)C1. The van der Waals surface area contributed by atoms with Crippen LogP contribution in [0.15, 0.2) is 49.2 Å². The molecule has 9 heteroatoms. The van der Waals surface area contributed by atoms with Gasteiger partial charge in [0.25, 0.3) is 0 Å². The molecule has 2 N–H and O–H groups in total. The Bertz CT molecular complexity index is 1060. The molecule has 32 heavy (non-hydrogen) atoms. The van der Waals surface area contributed by atoms with Crippen molar-refractivity contribution in [3.63, 3.8) is 0 Å². The zero-order valence-electron chi connectivity index (χ0n) is 17.4. The first kappa shape index (κ1) is 24.1. The Morgan fingerprint density at radius 3 is 2.75 bits per heavy atom. The number of alkyl halides is 3. The van der Waals surface area contributed by atoms with Crippen LogP contribution in [0.25, 0.3) is 5.57 Å². The normalized spacial score (nSPS) is 16.5. The molecule has 0 saturated heterocycles. The number of thiophene rings is 1. The van der Waals surface area contributed by atoms with E-state index in [9.17, 15) is 18.0 Å². The van der Waals surface area contributed by atoms with Crippen LogP contribution in [0.3, 0.4) is 0 Å². The van der Waals surface area contributed by atoms with Gasteiger partial charge >= 0.3 is 6.18 Å². The molecule has 1 amide bonds. The highest BCUT2D eigenvalue weighted by Gasteiger charge is 2.39. The summed E-state index contributed by atoms with van der Waals surface area (Å²) in [5, 5.41) is 10.7. The van der Waals surface area contributed by atoms with Gasteiger partial charge in [-0.15, -0.1) is 11.3 Å². The fourth-order valence-electron chi connectivity index (χ4n) is 3.75. The molecule has 4 nitrogen and oxygen atoms in total. The molecular formula is C23H23ClF3N3OS. The van der Waals surface area contributed by atoms with Gasteiger partial charge in [-0.3, -0.25) is 10.2 Å². The third-order valence-corrected chi connectivity index (χ3v) is 6.50. The van der Waals surface area contributed by atoms with Crippen molar-refractivity contribution in [3.8, 4) is 0 Å². The molecule has 3 rings (SSSR count). The summed E-state index contributed by atoms with van der Waals surface area (Å²) in [7, 11) is 0. The van der Waals surface area contributed by atoms with Gasteiger partial charge in [0, 0.05) is 35.7 Å². The quantitative estimate of drug-likeness (QED) is 0.290. The largest absolute Gasteiger partial charge is 0.433 e. The van der Waals surface area contributed by atoms with E-state index in [1.807, 2.05) is 13.0 Å². The van der Waals surface area contributed by atoms with Crippen molar-refractivity contribution < 1.29 is 18.0 Å². The molecule has 0 saturated carbocycles. The number of rotatable bonds is 7. The number of nitrogens with one attached hydrogen (secondary N) is 2. The Hall–Kier alpha value is -2.58. The van der Waals surface area contributed by atoms with Crippen LogP contribution in [0.4, 0.5) is 13.2 Å². The van der Waals surface area contributed by atoms with E-state index in [-0.39, 0.29) is 18.0 Å². The molecule has 0 bridgehead atoms. The smallest absolute Gasteiger partial charge is 0.390 e. The first-order valence-electron chi connectivity index (χ1n) is 10.1. The van der Waals surface area contributed by atoms with Crippen LogP contribution >= 0.6 is 22.9 Å². The molecule has 0 aliphatic carbocycles. The highest BCUT2D eigenvalue weighted by atomic mass is 35.5. The monoisotopic (exact) mass is 481 g/mol. The fraction of sp³-hybridized carbons (Fsp3) is 0.304. The van der Waals surface area contributed by atoms with Crippen LogP contribution in [0, 0.1) is 5.41 Å². The molecule has 1 aliphatic rings. The van der Waals surface area contributed by atoms with Crippen molar-refractivity contribution in [2.45, 2.75) is 32.0 Å². The molecule has 1 aromatic carbocycles. The van der Waals surface area contributed by atoms with Gasteiger partial charge in [0.1, 0.15) is 5.71 Å². The lowest BCUT2D eigenvalue weighted by molar-refractivity contribution is -0.127. The van der Waals surface area contributed by atoms with Crippen LogP contribution in [0.1, 0.15) is 40.8 Å². The molecule has 1 aromatic heterocycles. The minimum atomic E-state index is -4.80. The molecule has 170 valence electrons. The second kappa shape index (κ2) is 9.92. The summed E-state index contributed by atoms with van der Waals surface area (Å²) in [6.45, 7) is 6.57. The highest BCUT2D eigenvalue weighted by molar-refractivity contribution is 7.16. The number of carbonyl (C=O) groups is 1. The summed E-state index contributed by atoms with van der Waals surface area (Å²) >= 11 is 7.60. The number of halogens is 4. The maximum absolute atomic E-state index is 13.6. The van der Waals surface area contributed by atoms with E-state index in [0.717, 1.165) is 16.9 Å². The van der Waals surface area contributed by atoms with Gasteiger partial charge < -0.3 is 10.2 Å². The minimum absolute atomic E-state index is 0.239. The zero-order chi connectivity index (χ0) is 23.5. The first-order valence-corrected chi connectivity index (χ1v) is 11.2. The van der Waals surface area contributed by atoms with Crippen LogP contribution in [0.2, 0.25) is 4.34 Å². The molecule has 0 unspecified atom stereocenters. The molecular weight excluding hydrogens is 459 g/mol. The van der Waals surface area contributed by atoms with Gasteiger partial charge in [-0.1, -0.05) is 49.4 Å². The third-order valence-electron chi connectivity index (χ3n) is 5.23. The molecule has 2 heterocycles. The average molecular weight is 482 g/mol. The molecule has 1 aliphatic heterocycles. The number of allylic oxidation sites excluding steroid dienone is 1. The van der Waals surface area contributed by atoms with Crippen molar-refractivity contribution >= 4 is 40.1 Å². The van der Waals surface area contributed by atoms with E-state index < -0.39 is 17.8 Å². The summed E-state index contributed by atoms with van der Waals surface area (Å²) in [4.78, 5) is 14.9. The number of hydrogen-bond acceptors (Lipinski definition) is 4. The summed E-state index contributed by atoms with van der Waals surface area (Å²) in [6.07, 6.45) is -1.60. The Morgan fingerprint density at radius 1 is 1.38 bits per heavy atom. The predicted molar refractivity (Wildman–Crippen MR) is 123 cm³/mol. The Labute approximate surface area is 193 Å². The van der Waals surface area contributed by atoms with E-state index in [0.29, 0.717) is 28.6 Å². The Kier molecular flexibility index (Phi) is 7.46. The van der Waals surface area contributed by atoms with E-state index >= 15 is 0 Å². The molecule has 0 radical (unpaired) electrons. The lowest BCUT2D eigenvalue weighted by Gasteiger charge is -2.33. The minimum Gasteiger partial charge on any atom is -0.390 e. The molecule has 1 atom stereocenters. The maximum atomic E-state index is 13.6. The van der Waals surface area contributed by atoms with Gasteiger partial charge in [0.05, 0.1) is 10.9 Å². The second-order valence-corrected chi connectivity index (χ2v) is 9.14. The van der Waals surface area contributed by atoms with Crippen LogP contribution in [0.5, 0.6) is 0 Å². The number of fused-ring (bicyclic) bond motifs is 1. The summed E-state index contributed by atoms with van der Waals surface area (Å²) in [5.74, 6) is -0.649. The average Bonchev–Trinajstić information content (AvgIpc) is 3.14. The third kappa shape index (κ3) is 5.07.